The topological polar surface area (TPSA) is 32.3 Å². The van der Waals surface area contributed by atoms with Gasteiger partial charge in [-0.25, -0.2) is 0 Å². The smallest absolute Gasteiger partial charge is 0.233 e. The number of rotatable bonds is 7. The number of nitrogens with one attached hydrogen (secondary N) is 1. The number of carbonyl (C=O) groups is 1. The predicted octanol–water partition coefficient (Wildman–Crippen LogP) is 4.39. The van der Waals surface area contributed by atoms with Crippen molar-refractivity contribution in [3.8, 4) is 0 Å². The molecular weight excluding hydrogens is 340 g/mol. The molecule has 1 saturated heterocycles. The lowest BCUT2D eigenvalue weighted by Gasteiger charge is -2.18. The summed E-state index contributed by atoms with van der Waals surface area (Å²) in [6, 6.07) is 16.8. The first-order valence-corrected chi connectivity index (χ1v) is 10.3. The minimum absolute atomic E-state index is 0.0894. The van der Waals surface area contributed by atoms with E-state index in [1.54, 1.807) is 11.8 Å². The molecule has 1 heterocycles. The van der Waals surface area contributed by atoms with Crippen molar-refractivity contribution in [1.82, 2.24) is 10.2 Å². The summed E-state index contributed by atoms with van der Waals surface area (Å²) >= 11 is 1.61. The van der Waals surface area contributed by atoms with Crippen molar-refractivity contribution >= 4 is 17.7 Å². The van der Waals surface area contributed by atoms with Gasteiger partial charge in [0.05, 0.1) is 5.25 Å². The molecule has 0 aliphatic carbocycles. The number of aryl methyl sites for hydroxylation is 1. The van der Waals surface area contributed by atoms with Crippen LogP contribution in [0.3, 0.4) is 0 Å². The Kier molecular flexibility index (Phi) is 6.75. The van der Waals surface area contributed by atoms with E-state index in [0.717, 1.165) is 11.4 Å². The average molecular weight is 369 g/mol. The minimum Gasteiger partial charge on any atom is -0.351 e. The highest BCUT2D eigenvalue weighted by molar-refractivity contribution is 8.00. The Morgan fingerprint density at radius 2 is 1.73 bits per heavy atom. The van der Waals surface area contributed by atoms with Gasteiger partial charge in [0.1, 0.15) is 0 Å². The zero-order chi connectivity index (χ0) is 18.4. The Labute approximate surface area is 161 Å². The molecule has 0 radical (unpaired) electrons. The van der Waals surface area contributed by atoms with Gasteiger partial charge >= 0.3 is 0 Å². The van der Waals surface area contributed by atoms with E-state index in [1.165, 1.54) is 42.6 Å². The number of thioether (sulfide) groups is 1. The van der Waals surface area contributed by atoms with Gasteiger partial charge in [0.25, 0.3) is 0 Å². The van der Waals surface area contributed by atoms with Crippen LogP contribution in [0.2, 0.25) is 0 Å². The van der Waals surface area contributed by atoms with Crippen molar-refractivity contribution < 1.29 is 4.79 Å². The Morgan fingerprint density at radius 1 is 1.08 bits per heavy atom. The molecule has 26 heavy (non-hydrogen) atoms. The monoisotopic (exact) mass is 368 g/mol. The molecule has 2 aromatic rings. The molecule has 0 bridgehead atoms. The van der Waals surface area contributed by atoms with Crippen LogP contribution in [0.15, 0.2) is 53.4 Å². The van der Waals surface area contributed by atoms with Crippen molar-refractivity contribution in [2.45, 2.75) is 49.9 Å². The van der Waals surface area contributed by atoms with Crippen molar-refractivity contribution in [3.05, 3.63) is 65.2 Å². The van der Waals surface area contributed by atoms with Gasteiger partial charge in [-0.1, -0.05) is 42.0 Å². The van der Waals surface area contributed by atoms with E-state index in [9.17, 15) is 4.79 Å². The molecule has 1 aliphatic rings. The molecule has 0 aromatic heterocycles. The highest BCUT2D eigenvalue weighted by Gasteiger charge is 2.16. The quantitative estimate of drug-likeness (QED) is 0.736. The van der Waals surface area contributed by atoms with E-state index >= 15 is 0 Å². The van der Waals surface area contributed by atoms with E-state index < -0.39 is 0 Å². The van der Waals surface area contributed by atoms with Crippen LogP contribution >= 0.6 is 11.8 Å². The summed E-state index contributed by atoms with van der Waals surface area (Å²) in [4.78, 5) is 16.1. The highest BCUT2D eigenvalue weighted by Crippen LogP contribution is 2.23. The van der Waals surface area contributed by atoms with Gasteiger partial charge in [0, 0.05) is 18.0 Å². The maximum atomic E-state index is 12.5. The number of hydrogen-bond acceptors (Lipinski definition) is 3. The number of hydrogen-bond donors (Lipinski definition) is 1. The van der Waals surface area contributed by atoms with Crippen molar-refractivity contribution in [2.75, 3.05) is 13.1 Å². The largest absolute Gasteiger partial charge is 0.351 e. The number of amides is 1. The van der Waals surface area contributed by atoms with Crippen molar-refractivity contribution in [1.29, 1.82) is 0 Å². The van der Waals surface area contributed by atoms with Crippen LogP contribution in [0.25, 0.3) is 0 Å². The van der Waals surface area contributed by atoms with Crippen LogP contribution in [0, 0.1) is 6.92 Å². The lowest BCUT2D eigenvalue weighted by molar-refractivity contribution is -0.120. The van der Waals surface area contributed by atoms with E-state index in [1.807, 2.05) is 6.92 Å². The fourth-order valence-corrected chi connectivity index (χ4v) is 4.16. The molecule has 0 spiro atoms. The third kappa shape index (κ3) is 5.36. The molecule has 1 amide bonds. The van der Waals surface area contributed by atoms with E-state index in [4.69, 9.17) is 0 Å². The molecule has 1 aliphatic heterocycles. The van der Waals surface area contributed by atoms with Gasteiger partial charge in [-0.15, -0.1) is 11.8 Å². The summed E-state index contributed by atoms with van der Waals surface area (Å²) in [7, 11) is 0. The van der Waals surface area contributed by atoms with Gasteiger partial charge < -0.3 is 5.32 Å². The molecular formula is C22H28N2OS. The van der Waals surface area contributed by atoms with Crippen LogP contribution < -0.4 is 5.32 Å². The van der Waals surface area contributed by atoms with Gasteiger partial charge in [0.2, 0.25) is 5.91 Å². The molecule has 1 fully saturated rings. The SMILES string of the molecule is Cc1ccc(SC(C)C(=O)NCc2ccccc2CN2CCCC2)cc1. The van der Waals surface area contributed by atoms with Crippen LogP contribution in [-0.2, 0) is 17.9 Å². The number of carbonyl (C=O) groups excluding carboxylic acids is 1. The summed E-state index contributed by atoms with van der Waals surface area (Å²) in [5, 5.41) is 3.01. The summed E-state index contributed by atoms with van der Waals surface area (Å²) in [6.45, 7) is 8.00. The second-order valence-electron chi connectivity index (χ2n) is 7.04. The summed E-state index contributed by atoms with van der Waals surface area (Å²) < 4.78 is 0. The van der Waals surface area contributed by atoms with Crippen LogP contribution in [0.1, 0.15) is 36.5 Å². The van der Waals surface area contributed by atoms with Crippen LogP contribution in [-0.4, -0.2) is 29.1 Å². The molecule has 2 aromatic carbocycles. The molecule has 4 heteroatoms. The molecule has 1 unspecified atom stereocenters. The second-order valence-corrected chi connectivity index (χ2v) is 8.46. The molecule has 1 N–H and O–H groups in total. The highest BCUT2D eigenvalue weighted by atomic mass is 32.2. The van der Waals surface area contributed by atoms with Gasteiger partial charge in [-0.05, 0) is 63.0 Å². The number of benzene rings is 2. The van der Waals surface area contributed by atoms with E-state index in [2.05, 4.69) is 65.7 Å². The minimum atomic E-state index is -0.108. The zero-order valence-corrected chi connectivity index (χ0v) is 16.5. The fraction of sp³-hybridized carbons (Fsp3) is 0.409. The molecule has 0 saturated carbocycles. The summed E-state index contributed by atoms with van der Waals surface area (Å²) in [6.07, 6.45) is 2.60. The first-order chi connectivity index (χ1) is 12.6. The Morgan fingerprint density at radius 3 is 2.42 bits per heavy atom. The first kappa shape index (κ1) is 19.0. The van der Waals surface area contributed by atoms with E-state index in [-0.39, 0.29) is 11.2 Å². The third-order valence-corrected chi connectivity index (χ3v) is 5.98. The number of likely N-dealkylation sites (tertiary alicyclic amines) is 1. The normalized spacial score (nSPS) is 15.8. The molecule has 138 valence electrons. The van der Waals surface area contributed by atoms with Crippen molar-refractivity contribution in [3.63, 3.8) is 0 Å². The first-order valence-electron chi connectivity index (χ1n) is 9.42. The zero-order valence-electron chi connectivity index (χ0n) is 15.7. The molecule has 1 atom stereocenters. The maximum Gasteiger partial charge on any atom is 0.233 e. The third-order valence-electron chi connectivity index (χ3n) is 4.87. The number of nitrogens with zero attached hydrogens (tertiary/aromatic N) is 1. The van der Waals surface area contributed by atoms with Crippen LogP contribution in [0.4, 0.5) is 0 Å². The van der Waals surface area contributed by atoms with Gasteiger partial charge in [-0.3, -0.25) is 9.69 Å². The van der Waals surface area contributed by atoms with Gasteiger partial charge in [-0.2, -0.15) is 0 Å². The molecule has 3 nitrogen and oxygen atoms in total. The fourth-order valence-electron chi connectivity index (χ4n) is 3.27. The Bertz CT molecular complexity index is 723. The lowest BCUT2D eigenvalue weighted by Crippen LogP contribution is -2.31. The van der Waals surface area contributed by atoms with Crippen molar-refractivity contribution in [2.24, 2.45) is 0 Å². The lowest BCUT2D eigenvalue weighted by atomic mass is 10.1. The average Bonchev–Trinajstić information content (AvgIpc) is 3.15. The Balaban J connectivity index is 1.54. The van der Waals surface area contributed by atoms with Crippen LogP contribution in [0.5, 0.6) is 0 Å². The molecule has 3 rings (SSSR count). The standard InChI is InChI=1S/C22H28N2OS/c1-17-9-11-21(12-10-17)26-18(2)22(25)23-15-19-7-3-4-8-20(19)16-24-13-5-6-14-24/h3-4,7-12,18H,5-6,13-16H2,1-2H3,(H,23,25). The second kappa shape index (κ2) is 9.24. The summed E-state index contributed by atoms with van der Waals surface area (Å²) in [5.74, 6) is 0.0894. The summed E-state index contributed by atoms with van der Waals surface area (Å²) in [5.41, 5.74) is 3.79. The van der Waals surface area contributed by atoms with Gasteiger partial charge in [0.15, 0.2) is 0 Å². The predicted molar refractivity (Wildman–Crippen MR) is 109 cm³/mol. The Hall–Kier alpha value is -1.78. The van der Waals surface area contributed by atoms with E-state index in [0.29, 0.717) is 6.54 Å². The maximum absolute atomic E-state index is 12.5.